The van der Waals surface area contributed by atoms with Crippen molar-refractivity contribution in [1.29, 1.82) is 0 Å². The molecule has 1 fully saturated rings. The summed E-state index contributed by atoms with van der Waals surface area (Å²) in [5.41, 5.74) is 9.84. The Balaban J connectivity index is 2.40. The van der Waals surface area contributed by atoms with Crippen LogP contribution in [0.1, 0.15) is 44.2 Å². The van der Waals surface area contributed by atoms with E-state index in [9.17, 15) is 0 Å². The van der Waals surface area contributed by atoms with E-state index >= 15 is 0 Å². The summed E-state index contributed by atoms with van der Waals surface area (Å²) in [6.07, 6.45) is 3.84. The van der Waals surface area contributed by atoms with Gasteiger partial charge in [0, 0.05) is 24.3 Å². The first kappa shape index (κ1) is 12.4. The number of nitrogens with zero attached hydrogens (tertiary/aromatic N) is 1. The normalized spacial score (nSPS) is 24.4. The molecule has 0 aromatic heterocycles. The van der Waals surface area contributed by atoms with Crippen LogP contribution in [0.15, 0.2) is 18.2 Å². The zero-order valence-electron chi connectivity index (χ0n) is 11.2. The summed E-state index contributed by atoms with van der Waals surface area (Å²) in [7, 11) is 0. The minimum Gasteiger partial charge on any atom is -0.366 e. The van der Waals surface area contributed by atoms with Crippen LogP contribution >= 0.6 is 0 Å². The van der Waals surface area contributed by atoms with Crippen molar-refractivity contribution < 1.29 is 0 Å². The molecular formula is C15H24N2. The van der Waals surface area contributed by atoms with E-state index in [1.54, 1.807) is 0 Å². The molecule has 0 spiro atoms. The Labute approximate surface area is 105 Å². The molecular weight excluding hydrogens is 208 g/mol. The predicted octanol–water partition coefficient (Wildman–Crippen LogP) is 3.22. The summed E-state index contributed by atoms with van der Waals surface area (Å²) in [6, 6.07) is 7.98. The molecule has 2 unspecified atom stereocenters. The zero-order chi connectivity index (χ0) is 12.4. The molecule has 2 N–H and O–H groups in total. The molecule has 94 valence electrons. The monoisotopic (exact) mass is 232 g/mol. The molecule has 1 heterocycles. The maximum absolute atomic E-state index is 5.87. The van der Waals surface area contributed by atoms with Gasteiger partial charge in [-0.1, -0.05) is 19.1 Å². The van der Waals surface area contributed by atoms with Crippen LogP contribution < -0.4 is 10.6 Å². The van der Waals surface area contributed by atoms with Gasteiger partial charge in [-0.15, -0.1) is 0 Å². The van der Waals surface area contributed by atoms with E-state index < -0.39 is 0 Å². The second-order valence-electron chi connectivity index (χ2n) is 5.23. The summed E-state index contributed by atoms with van der Waals surface area (Å²) in [5.74, 6) is 0. The van der Waals surface area contributed by atoms with Gasteiger partial charge >= 0.3 is 0 Å². The lowest BCUT2D eigenvalue weighted by Crippen LogP contribution is -2.35. The van der Waals surface area contributed by atoms with Gasteiger partial charge in [-0.05, 0) is 50.3 Å². The predicted molar refractivity (Wildman–Crippen MR) is 74.3 cm³/mol. The van der Waals surface area contributed by atoms with Gasteiger partial charge in [0.05, 0.1) is 0 Å². The lowest BCUT2D eigenvalue weighted by atomic mass is 10.1. The van der Waals surface area contributed by atoms with E-state index in [2.05, 4.69) is 43.9 Å². The number of rotatable bonds is 3. The van der Waals surface area contributed by atoms with E-state index in [4.69, 9.17) is 5.73 Å². The number of hydrogen-bond acceptors (Lipinski definition) is 2. The fraction of sp³-hybridized carbons (Fsp3) is 0.600. The number of aryl methyl sites for hydroxylation is 1. The fourth-order valence-electron chi connectivity index (χ4n) is 2.99. The quantitative estimate of drug-likeness (QED) is 0.867. The largest absolute Gasteiger partial charge is 0.366 e. The third-order valence-electron chi connectivity index (χ3n) is 4.00. The van der Waals surface area contributed by atoms with Gasteiger partial charge in [0.15, 0.2) is 0 Å². The molecule has 2 heteroatoms. The minimum atomic E-state index is 0.634. The smallest absolute Gasteiger partial charge is 0.0419 e. The third-order valence-corrected chi connectivity index (χ3v) is 4.00. The van der Waals surface area contributed by atoms with Gasteiger partial charge in [-0.3, -0.25) is 0 Å². The van der Waals surface area contributed by atoms with Crippen LogP contribution in [-0.2, 0) is 6.54 Å². The average molecular weight is 232 g/mol. The summed E-state index contributed by atoms with van der Waals surface area (Å²) >= 11 is 0. The number of nitrogens with two attached hydrogens (primary N) is 1. The molecule has 2 nitrogen and oxygen atoms in total. The van der Waals surface area contributed by atoms with Gasteiger partial charge in [0.25, 0.3) is 0 Å². The van der Waals surface area contributed by atoms with Crippen molar-refractivity contribution in [2.75, 3.05) is 4.90 Å². The second kappa shape index (κ2) is 5.09. The maximum atomic E-state index is 5.87. The van der Waals surface area contributed by atoms with E-state index in [1.807, 2.05) is 0 Å². The zero-order valence-corrected chi connectivity index (χ0v) is 11.2. The van der Waals surface area contributed by atoms with Gasteiger partial charge in [0.2, 0.25) is 0 Å². The van der Waals surface area contributed by atoms with Gasteiger partial charge in [0.1, 0.15) is 0 Å². The maximum Gasteiger partial charge on any atom is 0.0419 e. The highest BCUT2D eigenvalue weighted by Crippen LogP contribution is 2.34. The van der Waals surface area contributed by atoms with E-state index in [1.165, 1.54) is 36.1 Å². The molecule has 0 radical (unpaired) electrons. The molecule has 0 aliphatic carbocycles. The van der Waals surface area contributed by atoms with Crippen LogP contribution in [-0.4, -0.2) is 12.1 Å². The first-order valence-electron chi connectivity index (χ1n) is 6.75. The van der Waals surface area contributed by atoms with Crippen molar-refractivity contribution in [2.45, 2.75) is 58.7 Å². The number of benzene rings is 1. The fourth-order valence-corrected chi connectivity index (χ4v) is 2.99. The molecule has 0 amide bonds. The van der Waals surface area contributed by atoms with E-state index in [-0.39, 0.29) is 0 Å². The Hall–Kier alpha value is -1.02. The van der Waals surface area contributed by atoms with E-state index in [0.717, 1.165) is 0 Å². The number of hydrogen-bond donors (Lipinski definition) is 1. The van der Waals surface area contributed by atoms with Crippen LogP contribution in [0.4, 0.5) is 5.69 Å². The van der Waals surface area contributed by atoms with Crippen molar-refractivity contribution >= 4 is 5.69 Å². The van der Waals surface area contributed by atoms with Gasteiger partial charge in [-0.2, -0.15) is 0 Å². The lowest BCUT2D eigenvalue weighted by Gasteiger charge is -2.32. The van der Waals surface area contributed by atoms with E-state index in [0.29, 0.717) is 18.6 Å². The van der Waals surface area contributed by atoms with Crippen LogP contribution in [0.2, 0.25) is 0 Å². The first-order valence-corrected chi connectivity index (χ1v) is 6.75. The van der Waals surface area contributed by atoms with Crippen molar-refractivity contribution in [3.05, 3.63) is 29.3 Å². The van der Waals surface area contributed by atoms with Crippen LogP contribution in [0.3, 0.4) is 0 Å². The molecule has 1 saturated heterocycles. The Morgan fingerprint density at radius 2 is 2.12 bits per heavy atom. The van der Waals surface area contributed by atoms with Crippen molar-refractivity contribution in [2.24, 2.45) is 5.73 Å². The summed E-state index contributed by atoms with van der Waals surface area (Å²) < 4.78 is 0. The lowest BCUT2D eigenvalue weighted by molar-refractivity contribution is 0.625. The summed E-state index contributed by atoms with van der Waals surface area (Å²) in [5, 5.41) is 0. The first-order chi connectivity index (χ1) is 8.17. The molecule has 1 aromatic carbocycles. The standard InChI is InChI=1S/C15H24N2/c1-4-14-8-6-12(3)17(14)15-9-11(2)5-7-13(15)10-16/h5,7,9,12,14H,4,6,8,10,16H2,1-3H3. The topological polar surface area (TPSA) is 29.3 Å². The molecule has 2 atom stereocenters. The summed E-state index contributed by atoms with van der Waals surface area (Å²) in [6.45, 7) is 7.41. The second-order valence-corrected chi connectivity index (χ2v) is 5.23. The van der Waals surface area contributed by atoms with Crippen molar-refractivity contribution in [3.63, 3.8) is 0 Å². The molecule has 0 bridgehead atoms. The molecule has 1 aromatic rings. The average Bonchev–Trinajstić information content (AvgIpc) is 2.70. The molecule has 0 saturated carbocycles. The van der Waals surface area contributed by atoms with Crippen LogP contribution in [0.25, 0.3) is 0 Å². The minimum absolute atomic E-state index is 0.634. The Kier molecular flexibility index (Phi) is 3.72. The SMILES string of the molecule is CCC1CCC(C)N1c1cc(C)ccc1CN. The molecule has 17 heavy (non-hydrogen) atoms. The molecule has 1 aliphatic rings. The molecule has 1 aliphatic heterocycles. The Morgan fingerprint density at radius 3 is 2.76 bits per heavy atom. The van der Waals surface area contributed by atoms with Crippen LogP contribution in [0, 0.1) is 6.92 Å². The van der Waals surface area contributed by atoms with Crippen molar-refractivity contribution in [1.82, 2.24) is 0 Å². The number of anilines is 1. The van der Waals surface area contributed by atoms with Gasteiger partial charge in [-0.25, -0.2) is 0 Å². The van der Waals surface area contributed by atoms with Crippen LogP contribution in [0.5, 0.6) is 0 Å². The molecule has 2 rings (SSSR count). The van der Waals surface area contributed by atoms with Gasteiger partial charge < -0.3 is 10.6 Å². The summed E-state index contributed by atoms with van der Waals surface area (Å²) in [4.78, 5) is 2.59. The third kappa shape index (κ3) is 2.32. The highest BCUT2D eigenvalue weighted by atomic mass is 15.2. The highest BCUT2D eigenvalue weighted by Gasteiger charge is 2.30. The Bertz CT molecular complexity index is 387. The Morgan fingerprint density at radius 1 is 1.35 bits per heavy atom. The highest BCUT2D eigenvalue weighted by molar-refractivity contribution is 5.57. The van der Waals surface area contributed by atoms with Crippen molar-refractivity contribution in [3.8, 4) is 0 Å².